The van der Waals surface area contributed by atoms with E-state index in [4.69, 9.17) is 0 Å². The molecule has 0 N–H and O–H groups in total. The van der Waals surface area contributed by atoms with E-state index in [-0.39, 0.29) is 0 Å². The molecule has 0 unspecified atom stereocenters. The number of hydrogen-bond acceptors (Lipinski definition) is 1. The maximum absolute atomic E-state index is 11.5. The molecule has 1 rings (SSSR count). The lowest BCUT2D eigenvalue weighted by Gasteiger charge is -1.98. The molecule has 49 valence electrons. The van der Waals surface area contributed by atoms with Gasteiger partial charge in [0.05, 0.1) is 5.56 Å². The van der Waals surface area contributed by atoms with Crippen molar-refractivity contribution in [2.75, 3.05) is 0 Å². The van der Waals surface area contributed by atoms with E-state index in [1.54, 1.807) is 0 Å². The molecule has 0 aliphatic carbocycles. The third kappa shape index (κ3) is 1.25. The molecule has 0 saturated heterocycles. The highest BCUT2D eigenvalue weighted by molar-refractivity contribution is 5.08. The predicted octanol–water partition coefficient (Wildman–Crippen LogP) is 2.10. The van der Waals surface area contributed by atoms with Gasteiger partial charge in [0.25, 0.3) is 0 Å². The average Bonchev–Trinajstić information content (AvgIpc) is 2.08. The molecule has 9 heavy (non-hydrogen) atoms. The Balaban J connectivity index is 2.90. The summed E-state index contributed by atoms with van der Waals surface area (Å²) in [5, 5.41) is 0. The Kier molecular flexibility index (Phi) is 1.23. The van der Waals surface area contributed by atoms with Crippen molar-refractivity contribution < 1.29 is 17.6 Å². The van der Waals surface area contributed by atoms with Crippen molar-refractivity contribution in [3.8, 4) is 0 Å². The van der Waals surface area contributed by atoms with Gasteiger partial charge in [-0.05, 0) is 6.07 Å². The van der Waals surface area contributed by atoms with Crippen LogP contribution in [0, 0.1) is 6.26 Å². The van der Waals surface area contributed by atoms with Crippen molar-refractivity contribution >= 4 is 0 Å². The molecule has 0 aromatic carbocycles. The Bertz CT molecular complexity index is 175. The molecule has 0 aliphatic heterocycles. The summed E-state index contributed by atoms with van der Waals surface area (Å²) >= 11 is 0. The Morgan fingerprint density at radius 3 is 2.33 bits per heavy atom. The van der Waals surface area contributed by atoms with Crippen molar-refractivity contribution in [3.63, 3.8) is 0 Å². The quantitative estimate of drug-likeness (QED) is 0.530. The lowest BCUT2D eigenvalue weighted by molar-refractivity contribution is -0.137. The van der Waals surface area contributed by atoms with Crippen molar-refractivity contribution in [1.29, 1.82) is 0 Å². The van der Waals surface area contributed by atoms with E-state index in [0.717, 1.165) is 6.07 Å². The molecule has 0 aliphatic rings. The van der Waals surface area contributed by atoms with Crippen molar-refractivity contribution in [1.82, 2.24) is 0 Å². The van der Waals surface area contributed by atoms with E-state index in [2.05, 4.69) is 4.42 Å². The maximum Gasteiger partial charge on any atom is 0.419 e. The topological polar surface area (TPSA) is 13.1 Å². The summed E-state index contributed by atoms with van der Waals surface area (Å²) < 4.78 is 38.7. The second-order valence-electron chi connectivity index (χ2n) is 1.45. The standard InChI is InChI=1S/C5H2F3O/c6-5(7,8)4-1-2-9-3-4/h1,3H. The summed E-state index contributed by atoms with van der Waals surface area (Å²) in [6, 6.07) is 0.750. The minimum Gasteiger partial charge on any atom is -0.460 e. The van der Waals surface area contributed by atoms with E-state index in [1.165, 1.54) is 0 Å². The van der Waals surface area contributed by atoms with E-state index in [0.29, 0.717) is 6.26 Å². The number of hydrogen-bond donors (Lipinski definition) is 0. The van der Waals surface area contributed by atoms with E-state index >= 15 is 0 Å². The van der Waals surface area contributed by atoms with Crippen LogP contribution in [0.5, 0.6) is 0 Å². The summed E-state index contributed by atoms with van der Waals surface area (Å²) in [5.74, 6) is 0. The van der Waals surface area contributed by atoms with Gasteiger partial charge in [-0.25, -0.2) is 0 Å². The minimum atomic E-state index is -4.30. The maximum atomic E-state index is 11.5. The highest BCUT2D eigenvalue weighted by atomic mass is 19.4. The molecule has 1 nitrogen and oxygen atoms in total. The van der Waals surface area contributed by atoms with Gasteiger partial charge in [-0.1, -0.05) is 0 Å². The van der Waals surface area contributed by atoms with Crippen LogP contribution in [0.1, 0.15) is 5.56 Å². The first-order chi connectivity index (χ1) is 4.11. The van der Waals surface area contributed by atoms with Crippen LogP contribution in [0.15, 0.2) is 16.7 Å². The third-order valence-corrected chi connectivity index (χ3v) is 0.796. The molecule has 0 spiro atoms. The monoisotopic (exact) mass is 135 g/mol. The highest BCUT2D eigenvalue weighted by Crippen LogP contribution is 2.28. The summed E-state index contributed by atoms with van der Waals surface area (Å²) in [6.07, 6.45) is -1.75. The number of halogens is 3. The van der Waals surface area contributed by atoms with Crippen LogP contribution in [0.2, 0.25) is 0 Å². The van der Waals surface area contributed by atoms with Gasteiger partial charge < -0.3 is 4.42 Å². The first-order valence-corrected chi connectivity index (χ1v) is 2.12. The normalized spacial score (nSPS) is 11.9. The molecule has 0 saturated carbocycles. The molecule has 1 heterocycles. The van der Waals surface area contributed by atoms with Crippen LogP contribution < -0.4 is 0 Å². The predicted molar refractivity (Wildman–Crippen MR) is 22.5 cm³/mol. The minimum absolute atomic E-state index is 0.611. The van der Waals surface area contributed by atoms with Crippen LogP contribution in [0.4, 0.5) is 13.2 Å². The number of rotatable bonds is 0. The molecule has 1 aromatic heterocycles. The van der Waals surface area contributed by atoms with Gasteiger partial charge in [-0.2, -0.15) is 13.2 Å². The van der Waals surface area contributed by atoms with Crippen LogP contribution in [0.25, 0.3) is 0 Å². The third-order valence-electron chi connectivity index (χ3n) is 0.796. The fraction of sp³-hybridized carbons (Fsp3) is 0.200. The Hall–Kier alpha value is -0.930. The summed E-state index contributed by atoms with van der Waals surface area (Å²) in [4.78, 5) is 0. The molecule has 0 bridgehead atoms. The first-order valence-electron chi connectivity index (χ1n) is 2.12. The van der Waals surface area contributed by atoms with Crippen molar-refractivity contribution in [3.05, 3.63) is 24.2 Å². The van der Waals surface area contributed by atoms with E-state index in [9.17, 15) is 13.2 Å². The Labute approximate surface area is 49.1 Å². The summed E-state index contributed by atoms with van der Waals surface area (Å²) in [6.45, 7) is 0. The zero-order valence-corrected chi connectivity index (χ0v) is 4.20. The number of furan rings is 1. The van der Waals surface area contributed by atoms with Gasteiger partial charge in [0.1, 0.15) is 6.26 Å². The van der Waals surface area contributed by atoms with Gasteiger partial charge in [0.2, 0.25) is 0 Å². The Morgan fingerprint density at radius 1 is 1.44 bits per heavy atom. The first kappa shape index (κ1) is 6.19. The molecule has 1 aromatic rings. The van der Waals surface area contributed by atoms with Crippen LogP contribution in [0.3, 0.4) is 0 Å². The highest BCUT2D eigenvalue weighted by Gasteiger charge is 2.31. The summed E-state index contributed by atoms with van der Waals surface area (Å²) in [5.41, 5.74) is -0.803. The van der Waals surface area contributed by atoms with Gasteiger partial charge in [-0.15, -0.1) is 0 Å². The molecule has 1 radical (unpaired) electrons. The zero-order valence-electron chi connectivity index (χ0n) is 4.20. The summed E-state index contributed by atoms with van der Waals surface area (Å²) in [7, 11) is 0. The lowest BCUT2D eigenvalue weighted by atomic mass is 10.3. The van der Waals surface area contributed by atoms with Crippen LogP contribution in [-0.2, 0) is 6.18 Å². The van der Waals surface area contributed by atoms with E-state index < -0.39 is 11.7 Å². The molecule has 0 atom stereocenters. The van der Waals surface area contributed by atoms with Gasteiger partial charge in [-0.3, -0.25) is 0 Å². The lowest BCUT2D eigenvalue weighted by Crippen LogP contribution is -2.01. The van der Waals surface area contributed by atoms with Gasteiger partial charge in [0, 0.05) is 0 Å². The van der Waals surface area contributed by atoms with E-state index in [1.807, 2.05) is 6.26 Å². The zero-order chi connectivity index (χ0) is 6.91. The second kappa shape index (κ2) is 1.79. The SMILES string of the molecule is FC(F)(F)c1c[c]oc1. The van der Waals surface area contributed by atoms with Crippen molar-refractivity contribution in [2.24, 2.45) is 0 Å². The molecule has 0 amide bonds. The van der Waals surface area contributed by atoms with Crippen LogP contribution in [-0.4, -0.2) is 0 Å². The molecular weight excluding hydrogens is 133 g/mol. The van der Waals surface area contributed by atoms with Crippen LogP contribution >= 0.6 is 0 Å². The fourth-order valence-electron chi connectivity index (χ4n) is 0.378. The largest absolute Gasteiger partial charge is 0.460 e. The number of alkyl halides is 3. The smallest absolute Gasteiger partial charge is 0.419 e. The van der Waals surface area contributed by atoms with Crippen molar-refractivity contribution in [2.45, 2.75) is 6.18 Å². The Morgan fingerprint density at radius 2 is 2.11 bits per heavy atom. The molecular formula is C5H2F3O. The average molecular weight is 135 g/mol. The van der Waals surface area contributed by atoms with Gasteiger partial charge in [0.15, 0.2) is 6.26 Å². The molecule has 4 heteroatoms. The fourth-order valence-corrected chi connectivity index (χ4v) is 0.378. The second-order valence-corrected chi connectivity index (χ2v) is 1.45. The van der Waals surface area contributed by atoms with Gasteiger partial charge >= 0.3 is 6.18 Å². The molecule has 0 fully saturated rings.